The molecule has 0 bridgehead atoms. The highest BCUT2D eigenvalue weighted by molar-refractivity contribution is 5.81. The van der Waals surface area contributed by atoms with Crippen LogP contribution in [-0.4, -0.2) is 56.3 Å². The van der Waals surface area contributed by atoms with Gasteiger partial charge in [-0.3, -0.25) is 9.69 Å². The molecule has 1 saturated heterocycles. The molecule has 4 aromatic rings. The largest absolute Gasteiger partial charge is 0.369 e. The Labute approximate surface area is 223 Å². The highest BCUT2D eigenvalue weighted by atomic mass is 16.1. The summed E-state index contributed by atoms with van der Waals surface area (Å²) in [5.74, 6) is 0.783. The van der Waals surface area contributed by atoms with Crippen LogP contribution in [0.25, 0.3) is 10.9 Å². The standard InChI is InChI=1S/C30H37N7O/c1-19-8-7-11-27(22(19)4)35-12-14-36(15-13-35)28(29-32-33-34-37(29)24-9-5-6-10-24)25-18-23-16-20(2)21(3)17-26(23)31-30(25)38/h7-8,11,16-18,24,28H,5-6,9-10,12-15H2,1-4H3,(H,31,38)/t28-/m1/s1. The van der Waals surface area contributed by atoms with Gasteiger partial charge in [0.25, 0.3) is 5.56 Å². The van der Waals surface area contributed by atoms with Crippen LogP contribution in [0.4, 0.5) is 5.69 Å². The first-order chi connectivity index (χ1) is 18.4. The molecule has 1 aliphatic carbocycles. The Kier molecular flexibility index (Phi) is 6.51. The zero-order chi connectivity index (χ0) is 26.4. The van der Waals surface area contributed by atoms with Gasteiger partial charge in [-0.15, -0.1) is 5.10 Å². The van der Waals surface area contributed by atoms with Gasteiger partial charge < -0.3 is 9.88 Å². The number of aromatic nitrogens is 5. The molecule has 1 atom stereocenters. The summed E-state index contributed by atoms with van der Waals surface area (Å²) in [5, 5.41) is 14.2. The Balaban J connectivity index is 1.40. The second-order valence-corrected chi connectivity index (χ2v) is 11.1. The average Bonchev–Trinajstić information content (AvgIpc) is 3.60. The highest BCUT2D eigenvalue weighted by Crippen LogP contribution is 2.35. The lowest BCUT2D eigenvalue weighted by Gasteiger charge is -2.40. The van der Waals surface area contributed by atoms with Gasteiger partial charge in [-0.2, -0.15) is 0 Å². The van der Waals surface area contributed by atoms with Crippen molar-refractivity contribution in [1.82, 2.24) is 30.1 Å². The molecule has 1 saturated carbocycles. The number of fused-ring (bicyclic) bond motifs is 1. The van der Waals surface area contributed by atoms with Crippen molar-refractivity contribution in [2.24, 2.45) is 0 Å². The molecule has 8 heteroatoms. The third-order valence-electron chi connectivity index (χ3n) is 8.81. The Morgan fingerprint density at radius 2 is 1.66 bits per heavy atom. The number of tetrazole rings is 1. The summed E-state index contributed by atoms with van der Waals surface area (Å²) in [4.78, 5) is 21.7. The summed E-state index contributed by atoms with van der Waals surface area (Å²) < 4.78 is 2.01. The number of nitrogens with one attached hydrogen (secondary N) is 1. The molecular weight excluding hydrogens is 474 g/mol. The fourth-order valence-corrected chi connectivity index (χ4v) is 6.28. The summed E-state index contributed by atoms with van der Waals surface area (Å²) in [6, 6.07) is 12.8. The number of nitrogens with zero attached hydrogens (tertiary/aromatic N) is 6. The first kappa shape index (κ1) is 24.8. The normalized spacial score (nSPS) is 17.9. The van der Waals surface area contributed by atoms with E-state index in [0.29, 0.717) is 6.04 Å². The summed E-state index contributed by atoms with van der Waals surface area (Å²) in [6.07, 6.45) is 4.55. The van der Waals surface area contributed by atoms with E-state index in [-0.39, 0.29) is 11.6 Å². The molecule has 8 nitrogen and oxygen atoms in total. The van der Waals surface area contributed by atoms with E-state index in [9.17, 15) is 4.79 Å². The lowest BCUT2D eigenvalue weighted by atomic mass is 9.99. The van der Waals surface area contributed by atoms with Crippen molar-refractivity contribution in [2.75, 3.05) is 31.1 Å². The van der Waals surface area contributed by atoms with Crippen LogP contribution in [0.15, 0.2) is 41.2 Å². The van der Waals surface area contributed by atoms with E-state index in [0.717, 1.165) is 61.3 Å². The van der Waals surface area contributed by atoms with E-state index in [4.69, 9.17) is 0 Å². The third-order valence-corrected chi connectivity index (χ3v) is 8.81. The topological polar surface area (TPSA) is 82.9 Å². The van der Waals surface area contributed by atoms with E-state index in [1.165, 1.54) is 40.8 Å². The lowest BCUT2D eigenvalue weighted by Crippen LogP contribution is -2.49. The summed E-state index contributed by atoms with van der Waals surface area (Å²) in [7, 11) is 0. The molecule has 0 amide bonds. The van der Waals surface area contributed by atoms with E-state index >= 15 is 0 Å². The number of H-pyrrole nitrogens is 1. The maximum absolute atomic E-state index is 13.6. The van der Waals surface area contributed by atoms with E-state index in [2.05, 4.69) is 94.4 Å². The van der Waals surface area contributed by atoms with Gasteiger partial charge in [0.1, 0.15) is 6.04 Å². The number of piperazine rings is 1. The molecule has 198 valence electrons. The molecule has 2 fully saturated rings. The predicted molar refractivity (Wildman–Crippen MR) is 151 cm³/mol. The van der Waals surface area contributed by atoms with Crippen molar-refractivity contribution in [3.05, 3.63) is 80.4 Å². The van der Waals surface area contributed by atoms with Crippen LogP contribution in [0, 0.1) is 27.7 Å². The minimum atomic E-state index is -0.305. The van der Waals surface area contributed by atoms with Crippen LogP contribution in [0.3, 0.4) is 0 Å². The second kappa shape index (κ2) is 9.98. The third kappa shape index (κ3) is 4.41. The molecule has 38 heavy (non-hydrogen) atoms. The Morgan fingerprint density at radius 1 is 0.921 bits per heavy atom. The maximum atomic E-state index is 13.6. The first-order valence-electron chi connectivity index (χ1n) is 13.9. The summed E-state index contributed by atoms with van der Waals surface area (Å²) in [5.41, 5.74) is 7.85. The van der Waals surface area contributed by atoms with Gasteiger partial charge in [0.15, 0.2) is 5.82 Å². The number of hydrogen-bond donors (Lipinski definition) is 1. The molecule has 0 radical (unpaired) electrons. The van der Waals surface area contributed by atoms with E-state index < -0.39 is 0 Å². The first-order valence-corrected chi connectivity index (χ1v) is 13.9. The maximum Gasteiger partial charge on any atom is 0.253 e. The molecule has 1 aliphatic heterocycles. The second-order valence-electron chi connectivity index (χ2n) is 11.1. The van der Waals surface area contributed by atoms with Gasteiger partial charge in [-0.05, 0) is 103 Å². The Morgan fingerprint density at radius 3 is 2.42 bits per heavy atom. The van der Waals surface area contributed by atoms with E-state index in [1.54, 1.807) is 0 Å². The van der Waals surface area contributed by atoms with Crippen molar-refractivity contribution in [2.45, 2.75) is 65.5 Å². The fourth-order valence-electron chi connectivity index (χ4n) is 6.28. The van der Waals surface area contributed by atoms with Crippen LogP contribution in [-0.2, 0) is 0 Å². The lowest BCUT2D eigenvalue weighted by molar-refractivity contribution is 0.196. The minimum absolute atomic E-state index is 0.0660. The van der Waals surface area contributed by atoms with Crippen LogP contribution >= 0.6 is 0 Å². The predicted octanol–water partition coefficient (Wildman–Crippen LogP) is 4.77. The molecule has 2 aromatic heterocycles. The molecule has 2 aliphatic rings. The number of aromatic amines is 1. The molecule has 2 aromatic carbocycles. The van der Waals surface area contributed by atoms with Crippen molar-refractivity contribution in [3.8, 4) is 0 Å². The van der Waals surface area contributed by atoms with Crippen molar-refractivity contribution >= 4 is 16.6 Å². The SMILES string of the molecule is Cc1cc2cc([C@H](c3nnnn3C3CCCC3)N3CCN(c4cccc(C)c4C)CC3)c(=O)[nH]c2cc1C. The molecule has 0 unspecified atom stereocenters. The number of hydrogen-bond acceptors (Lipinski definition) is 6. The van der Waals surface area contributed by atoms with Gasteiger partial charge in [0, 0.05) is 42.9 Å². The zero-order valence-corrected chi connectivity index (χ0v) is 22.9. The van der Waals surface area contributed by atoms with Crippen LogP contribution in [0.5, 0.6) is 0 Å². The molecule has 3 heterocycles. The molecule has 6 rings (SSSR count). The Hall–Kier alpha value is -3.52. The van der Waals surface area contributed by atoms with Gasteiger partial charge in [0.2, 0.25) is 0 Å². The van der Waals surface area contributed by atoms with Crippen LogP contribution in [0.1, 0.15) is 71.4 Å². The van der Waals surface area contributed by atoms with Crippen molar-refractivity contribution < 1.29 is 0 Å². The zero-order valence-electron chi connectivity index (χ0n) is 22.9. The number of benzene rings is 2. The molecule has 0 spiro atoms. The van der Waals surface area contributed by atoms with Gasteiger partial charge in [0.05, 0.1) is 6.04 Å². The number of aryl methyl sites for hydroxylation is 3. The molecule has 1 N–H and O–H groups in total. The summed E-state index contributed by atoms with van der Waals surface area (Å²) >= 11 is 0. The van der Waals surface area contributed by atoms with Crippen LogP contribution in [0.2, 0.25) is 0 Å². The number of anilines is 1. The minimum Gasteiger partial charge on any atom is -0.369 e. The smallest absolute Gasteiger partial charge is 0.253 e. The Bertz CT molecular complexity index is 1520. The van der Waals surface area contributed by atoms with Crippen LogP contribution < -0.4 is 10.5 Å². The number of rotatable bonds is 5. The highest BCUT2D eigenvalue weighted by Gasteiger charge is 2.35. The molecular formula is C30H37N7O. The van der Waals surface area contributed by atoms with E-state index in [1.807, 2.05) is 4.68 Å². The number of pyridine rings is 1. The monoisotopic (exact) mass is 511 g/mol. The van der Waals surface area contributed by atoms with Crippen molar-refractivity contribution in [1.29, 1.82) is 0 Å². The van der Waals surface area contributed by atoms with Crippen molar-refractivity contribution in [3.63, 3.8) is 0 Å². The van der Waals surface area contributed by atoms with Gasteiger partial charge in [-0.1, -0.05) is 25.0 Å². The summed E-state index contributed by atoms with van der Waals surface area (Å²) in [6.45, 7) is 12.0. The average molecular weight is 512 g/mol. The fraction of sp³-hybridized carbons (Fsp3) is 0.467. The van der Waals surface area contributed by atoms with Gasteiger partial charge >= 0.3 is 0 Å². The quantitative estimate of drug-likeness (QED) is 0.415. The van der Waals surface area contributed by atoms with Gasteiger partial charge in [-0.25, -0.2) is 4.68 Å².